The number of nitrogens with zero attached hydrogens (tertiary/aromatic N) is 1. The second-order valence-electron chi connectivity index (χ2n) is 6.84. The van der Waals surface area contributed by atoms with Crippen molar-refractivity contribution in [3.63, 3.8) is 0 Å². The molecular formula is C21H24FNO3S. The summed E-state index contributed by atoms with van der Waals surface area (Å²) in [6, 6.07) is 14.8. The van der Waals surface area contributed by atoms with Gasteiger partial charge in [0.25, 0.3) is 0 Å². The van der Waals surface area contributed by atoms with E-state index < -0.39 is 16.9 Å². The molecule has 0 aliphatic carbocycles. The summed E-state index contributed by atoms with van der Waals surface area (Å²) in [7, 11) is -1.24. The molecule has 144 valence electrons. The Hall–Kier alpha value is -2.18. The van der Waals surface area contributed by atoms with Crippen LogP contribution in [0.3, 0.4) is 0 Å². The molecule has 6 heteroatoms. The van der Waals surface area contributed by atoms with Crippen LogP contribution in [-0.2, 0) is 16.6 Å². The first-order chi connectivity index (χ1) is 12.9. The van der Waals surface area contributed by atoms with Crippen LogP contribution in [0, 0.1) is 5.82 Å². The fraction of sp³-hybridized carbons (Fsp3) is 0.333. The summed E-state index contributed by atoms with van der Waals surface area (Å²) < 4.78 is 25.3. The monoisotopic (exact) mass is 389 g/mol. The quantitative estimate of drug-likeness (QED) is 0.706. The Morgan fingerprint density at radius 3 is 2.48 bits per heavy atom. The lowest BCUT2D eigenvalue weighted by Crippen LogP contribution is -2.40. The molecule has 3 unspecified atom stereocenters. The molecule has 3 rings (SSSR count). The highest BCUT2D eigenvalue weighted by Gasteiger charge is 2.29. The zero-order chi connectivity index (χ0) is 19.4. The number of hydrogen-bond acceptors (Lipinski definition) is 4. The van der Waals surface area contributed by atoms with Gasteiger partial charge in [0.2, 0.25) is 0 Å². The van der Waals surface area contributed by atoms with E-state index in [0.29, 0.717) is 5.75 Å². The van der Waals surface area contributed by atoms with Crippen LogP contribution in [-0.4, -0.2) is 32.8 Å². The summed E-state index contributed by atoms with van der Waals surface area (Å²) >= 11 is 0. The van der Waals surface area contributed by atoms with E-state index in [9.17, 15) is 18.8 Å². The van der Waals surface area contributed by atoms with E-state index in [1.54, 1.807) is 12.1 Å². The van der Waals surface area contributed by atoms with Gasteiger partial charge < -0.3 is 15.1 Å². The van der Waals surface area contributed by atoms with Crippen LogP contribution in [0.2, 0.25) is 0 Å². The third-order valence-corrected chi connectivity index (χ3v) is 5.89. The zero-order valence-electron chi connectivity index (χ0n) is 15.2. The largest absolute Gasteiger partial charge is 0.512 e. The van der Waals surface area contributed by atoms with Gasteiger partial charge in [-0.1, -0.05) is 24.3 Å². The minimum atomic E-state index is -1.24. The molecule has 3 atom stereocenters. The highest BCUT2D eigenvalue weighted by atomic mass is 32.2. The lowest BCUT2D eigenvalue weighted by molar-refractivity contribution is 0.237. The van der Waals surface area contributed by atoms with Gasteiger partial charge in [-0.15, -0.1) is 0 Å². The van der Waals surface area contributed by atoms with Crippen LogP contribution in [0.4, 0.5) is 10.1 Å². The van der Waals surface area contributed by atoms with E-state index in [0.717, 1.165) is 24.2 Å². The molecule has 1 aliphatic rings. The van der Waals surface area contributed by atoms with Crippen LogP contribution in [0.15, 0.2) is 60.4 Å². The van der Waals surface area contributed by atoms with Crippen molar-refractivity contribution < 1.29 is 18.8 Å². The fourth-order valence-electron chi connectivity index (χ4n) is 3.24. The van der Waals surface area contributed by atoms with Gasteiger partial charge in [0.15, 0.2) is 0 Å². The molecule has 0 radical (unpaired) electrons. The maximum atomic E-state index is 13.1. The first kappa shape index (κ1) is 19.6. The Labute approximate surface area is 161 Å². The van der Waals surface area contributed by atoms with Crippen molar-refractivity contribution in [2.24, 2.45) is 0 Å². The van der Waals surface area contributed by atoms with Crippen LogP contribution < -0.4 is 4.90 Å². The highest BCUT2D eigenvalue weighted by molar-refractivity contribution is 7.84. The molecule has 0 saturated carbocycles. The van der Waals surface area contributed by atoms with Crippen molar-refractivity contribution in [3.05, 3.63) is 77.3 Å². The van der Waals surface area contributed by atoms with Gasteiger partial charge in [-0.3, -0.25) is 4.21 Å². The molecule has 0 amide bonds. The predicted molar refractivity (Wildman–Crippen MR) is 107 cm³/mol. The summed E-state index contributed by atoms with van der Waals surface area (Å²) in [5.74, 6) is 0.102. The van der Waals surface area contributed by atoms with Gasteiger partial charge in [-0.25, -0.2) is 4.39 Å². The number of rotatable bonds is 7. The lowest BCUT2D eigenvalue weighted by Gasteiger charge is -2.43. The number of hydrogen-bond donors (Lipinski definition) is 2. The molecule has 0 bridgehead atoms. The molecule has 2 aromatic carbocycles. The highest BCUT2D eigenvalue weighted by Crippen LogP contribution is 2.37. The molecule has 2 aromatic rings. The van der Waals surface area contributed by atoms with Crippen LogP contribution in [0.5, 0.6) is 0 Å². The number of benzene rings is 2. The van der Waals surface area contributed by atoms with Crippen LogP contribution in [0.1, 0.15) is 30.5 Å². The van der Waals surface area contributed by atoms with Gasteiger partial charge in [-0.2, -0.15) is 0 Å². The van der Waals surface area contributed by atoms with E-state index in [-0.39, 0.29) is 23.4 Å². The van der Waals surface area contributed by atoms with Crippen LogP contribution in [0.25, 0.3) is 0 Å². The molecule has 27 heavy (non-hydrogen) atoms. The van der Waals surface area contributed by atoms with Gasteiger partial charge in [0.1, 0.15) is 11.6 Å². The van der Waals surface area contributed by atoms with E-state index in [1.165, 1.54) is 30.7 Å². The molecule has 1 heterocycles. The summed E-state index contributed by atoms with van der Waals surface area (Å²) in [5, 5.41) is 18.9. The standard InChI is InChI=1S/C21H24FNO3S/c1-15(24)12-20(25)14-27(26)13-16-2-4-17(5-3-16)21-10-11-23(21)19-8-6-18(22)7-9-19/h2-9,12,15,21,24-25H,10-11,13-14H2,1H3. The SMILES string of the molecule is CC(O)C=C(O)CS(=O)Cc1ccc(C2CCN2c2ccc(F)cc2)cc1. The zero-order valence-corrected chi connectivity index (χ0v) is 16.0. The average molecular weight is 389 g/mol. The Bertz CT molecular complexity index is 818. The minimum absolute atomic E-state index is 0.0353. The third kappa shape index (κ3) is 5.17. The molecule has 0 spiro atoms. The molecule has 0 aromatic heterocycles. The normalized spacial score (nSPS) is 19.4. The topological polar surface area (TPSA) is 60.8 Å². The van der Waals surface area contributed by atoms with Gasteiger partial charge in [0.05, 0.1) is 17.9 Å². The Morgan fingerprint density at radius 2 is 1.93 bits per heavy atom. The summed E-state index contributed by atoms with van der Waals surface area (Å²) in [4.78, 5) is 2.24. The van der Waals surface area contributed by atoms with Crippen molar-refractivity contribution >= 4 is 16.5 Å². The van der Waals surface area contributed by atoms with Gasteiger partial charge in [-0.05, 0) is 54.8 Å². The van der Waals surface area contributed by atoms with Gasteiger partial charge in [0, 0.05) is 28.8 Å². The number of aliphatic hydroxyl groups is 2. The smallest absolute Gasteiger partial charge is 0.123 e. The van der Waals surface area contributed by atoms with E-state index in [2.05, 4.69) is 4.90 Å². The maximum Gasteiger partial charge on any atom is 0.123 e. The Balaban J connectivity index is 1.60. The number of halogens is 1. The van der Waals surface area contributed by atoms with Crippen molar-refractivity contribution in [3.8, 4) is 0 Å². The molecule has 1 aliphatic heterocycles. The third-order valence-electron chi connectivity index (χ3n) is 4.61. The first-order valence-electron chi connectivity index (χ1n) is 8.96. The fourth-order valence-corrected chi connectivity index (χ4v) is 4.33. The number of anilines is 1. The minimum Gasteiger partial charge on any atom is -0.512 e. The van der Waals surface area contributed by atoms with E-state index >= 15 is 0 Å². The Morgan fingerprint density at radius 1 is 1.26 bits per heavy atom. The maximum absolute atomic E-state index is 13.1. The molecule has 1 fully saturated rings. The van der Waals surface area contributed by atoms with E-state index in [1.807, 2.05) is 24.3 Å². The summed E-state index contributed by atoms with van der Waals surface area (Å²) in [5.41, 5.74) is 3.13. The van der Waals surface area contributed by atoms with E-state index in [4.69, 9.17) is 0 Å². The second kappa shape index (κ2) is 8.67. The van der Waals surface area contributed by atoms with Crippen LogP contribution >= 0.6 is 0 Å². The van der Waals surface area contributed by atoms with Crippen molar-refractivity contribution in [2.45, 2.75) is 31.2 Å². The average Bonchev–Trinajstić information content (AvgIpc) is 2.56. The van der Waals surface area contributed by atoms with Crippen molar-refractivity contribution in [2.75, 3.05) is 17.2 Å². The summed E-state index contributed by atoms with van der Waals surface area (Å²) in [6.45, 7) is 2.48. The number of aliphatic hydroxyl groups excluding tert-OH is 2. The molecule has 1 saturated heterocycles. The molecule has 4 nitrogen and oxygen atoms in total. The van der Waals surface area contributed by atoms with Gasteiger partial charge >= 0.3 is 0 Å². The summed E-state index contributed by atoms with van der Waals surface area (Å²) in [6.07, 6.45) is 1.58. The lowest BCUT2D eigenvalue weighted by atomic mass is 9.93. The molecular weight excluding hydrogens is 365 g/mol. The first-order valence-corrected chi connectivity index (χ1v) is 10.4. The Kier molecular flexibility index (Phi) is 6.29. The van der Waals surface area contributed by atoms with Crippen molar-refractivity contribution in [1.82, 2.24) is 0 Å². The predicted octanol–water partition coefficient (Wildman–Crippen LogP) is 3.85. The van der Waals surface area contributed by atoms with Crippen molar-refractivity contribution in [1.29, 1.82) is 0 Å². The molecule has 2 N–H and O–H groups in total. The second-order valence-corrected chi connectivity index (χ2v) is 8.30.